The lowest BCUT2D eigenvalue weighted by Crippen LogP contribution is -2.33. The van der Waals surface area contributed by atoms with Gasteiger partial charge in [0.15, 0.2) is 6.10 Å². The molecule has 0 bridgehead atoms. The Morgan fingerprint density at radius 3 is 2.58 bits per heavy atom. The van der Waals surface area contributed by atoms with Gasteiger partial charge in [0.1, 0.15) is 12.7 Å². The van der Waals surface area contributed by atoms with Crippen molar-refractivity contribution in [2.75, 3.05) is 13.7 Å². The minimum absolute atomic E-state index is 0.220. The Kier molecular flexibility index (Phi) is 3.74. The molecule has 0 saturated carbocycles. The number of ether oxygens (including phenoxy) is 6. The van der Waals surface area contributed by atoms with Crippen molar-refractivity contribution in [1.29, 1.82) is 0 Å². The van der Waals surface area contributed by atoms with Gasteiger partial charge in [-0.1, -0.05) is 0 Å². The van der Waals surface area contributed by atoms with Gasteiger partial charge in [-0.3, -0.25) is 4.79 Å². The highest BCUT2D eigenvalue weighted by molar-refractivity contribution is 5.67. The lowest BCUT2D eigenvalue weighted by molar-refractivity contribution is -0.189. The Balaban J connectivity index is 1.98. The number of rotatable bonds is 3. The second-order valence-corrected chi connectivity index (χ2v) is 3.83. The average Bonchev–Trinajstić information content (AvgIpc) is 2.85. The van der Waals surface area contributed by atoms with Crippen LogP contribution in [0.25, 0.3) is 0 Å². The summed E-state index contributed by atoms with van der Waals surface area (Å²) < 4.78 is 28.8. The number of hydrogen-bond donors (Lipinski definition) is 0. The third-order valence-corrected chi connectivity index (χ3v) is 2.55. The fraction of sp³-hybridized carbons (Fsp3) is 0.700. The van der Waals surface area contributed by atoms with Crippen molar-refractivity contribution in [2.45, 2.75) is 31.5 Å². The molecule has 2 heterocycles. The molecule has 0 radical (unpaired) electrons. The molecule has 9 nitrogen and oxygen atoms in total. The molecule has 2 aliphatic rings. The number of esters is 1. The van der Waals surface area contributed by atoms with Crippen LogP contribution < -0.4 is 0 Å². The lowest BCUT2D eigenvalue weighted by Gasteiger charge is -2.15. The SMILES string of the molecule is COC(=O)OC[C@@H]1O[C@H](OC(C)=O)[C@H]2OC(=O)O[C@@H]21. The summed E-state index contributed by atoms with van der Waals surface area (Å²) in [6.45, 7) is 0.969. The molecule has 2 rings (SSSR count). The zero-order valence-corrected chi connectivity index (χ0v) is 10.2. The molecule has 9 heteroatoms. The van der Waals surface area contributed by atoms with Crippen molar-refractivity contribution in [3.8, 4) is 0 Å². The molecule has 0 aromatic carbocycles. The molecule has 4 atom stereocenters. The third-order valence-electron chi connectivity index (χ3n) is 2.55. The van der Waals surface area contributed by atoms with Gasteiger partial charge in [-0.05, 0) is 0 Å². The summed E-state index contributed by atoms with van der Waals surface area (Å²) in [5.41, 5.74) is 0. The van der Waals surface area contributed by atoms with Crippen LogP contribution in [0.3, 0.4) is 0 Å². The summed E-state index contributed by atoms with van der Waals surface area (Å²) >= 11 is 0. The van der Waals surface area contributed by atoms with E-state index in [1.807, 2.05) is 0 Å². The van der Waals surface area contributed by atoms with Crippen LogP contribution in [0, 0.1) is 0 Å². The average molecular weight is 276 g/mol. The van der Waals surface area contributed by atoms with Gasteiger partial charge in [0.05, 0.1) is 7.11 Å². The van der Waals surface area contributed by atoms with Gasteiger partial charge < -0.3 is 28.4 Å². The van der Waals surface area contributed by atoms with Gasteiger partial charge in [0.2, 0.25) is 12.4 Å². The van der Waals surface area contributed by atoms with Crippen LogP contribution in [0.4, 0.5) is 9.59 Å². The molecular formula is C10H12O9. The van der Waals surface area contributed by atoms with Crippen LogP contribution in [-0.4, -0.2) is 56.6 Å². The molecule has 2 saturated heterocycles. The zero-order chi connectivity index (χ0) is 14.0. The summed E-state index contributed by atoms with van der Waals surface area (Å²) in [5.74, 6) is -0.596. The normalized spacial score (nSPS) is 32.0. The van der Waals surface area contributed by atoms with E-state index in [0.29, 0.717) is 0 Å². The first kappa shape index (κ1) is 13.4. The number of carbonyl (C=O) groups is 3. The van der Waals surface area contributed by atoms with Gasteiger partial charge in [0, 0.05) is 6.92 Å². The quantitative estimate of drug-likeness (QED) is 0.518. The van der Waals surface area contributed by atoms with E-state index < -0.39 is 42.9 Å². The molecule has 0 N–H and O–H groups in total. The minimum atomic E-state index is -1.08. The summed E-state index contributed by atoms with van der Waals surface area (Å²) in [4.78, 5) is 32.8. The van der Waals surface area contributed by atoms with Crippen molar-refractivity contribution in [1.82, 2.24) is 0 Å². The van der Waals surface area contributed by atoms with Gasteiger partial charge >= 0.3 is 18.3 Å². The lowest BCUT2D eigenvalue weighted by atomic mass is 10.1. The molecule has 0 aliphatic carbocycles. The highest BCUT2D eigenvalue weighted by Gasteiger charge is 2.56. The summed E-state index contributed by atoms with van der Waals surface area (Å²) in [6, 6.07) is 0. The predicted octanol–water partition coefficient (Wildman–Crippen LogP) is -0.0386. The van der Waals surface area contributed by atoms with Crippen molar-refractivity contribution in [3.05, 3.63) is 0 Å². The molecule has 2 fully saturated rings. The van der Waals surface area contributed by atoms with E-state index in [1.54, 1.807) is 0 Å². The van der Waals surface area contributed by atoms with Gasteiger partial charge in [-0.25, -0.2) is 9.59 Å². The van der Waals surface area contributed by atoms with Crippen LogP contribution >= 0.6 is 0 Å². The zero-order valence-electron chi connectivity index (χ0n) is 10.2. The van der Waals surface area contributed by atoms with Gasteiger partial charge in [-0.2, -0.15) is 0 Å². The van der Waals surface area contributed by atoms with E-state index in [9.17, 15) is 14.4 Å². The molecular weight excluding hydrogens is 264 g/mol. The van der Waals surface area contributed by atoms with Crippen molar-refractivity contribution < 1.29 is 42.8 Å². The monoisotopic (exact) mass is 276 g/mol. The van der Waals surface area contributed by atoms with Crippen molar-refractivity contribution in [3.63, 3.8) is 0 Å². The molecule has 2 aliphatic heterocycles. The summed E-state index contributed by atoms with van der Waals surface area (Å²) in [5, 5.41) is 0. The van der Waals surface area contributed by atoms with E-state index in [4.69, 9.17) is 23.7 Å². The summed E-state index contributed by atoms with van der Waals surface area (Å²) in [6.07, 6.45) is -5.34. The molecule has 106 valence electrons. The Hall–Kier alpha value is -2.03. The first-order valence-electron chi connectivity index (χ1n) is 5.42. The molecule has 0 unspecified atom stereocenters. The smallest absolute Gasteiger partial charge is 0.438 e. The molecule has 0 spiro atoms. The van der Waals surface area contributed by atoms with Crippen LogP contribution in [0.5, 0.6) is 0 Å². The number of fused-ring (bicyclic) bond motifs is 1. The topological polar surface area (TPSA) is 107 Å². The second kappa shape index (κ2) is 5.31. The Bertz CT molecular complexity index is 392. The van der Waals surface area contributed by atoms with Crippen molar-refractivity contribution in [2.24, 2.45) is 0 Å². The summed E-state index contributed by atoms with van der Waals surface area (Å²) in [7, 11) is 1.15. The Morgan fingerprint density at radius 1 is 1.26 bits per heavy atom. The molecule has 0 aromatic heterocycles. The predicted molar refractivity (Wildman–Crippen MR) is 53.9 cm³/mol. The Labute approximate surface area is 107 Å². The second-order valence-electron chi connectivity index (χ2n) is 3.83. The highest BCUT2D eigenvalue weighted by atomic mass is 16.8. The first-order chi connectivity index (χ1) is 9.01. The van der Waals surface area contributed by atoms with Crippen LogP contribution in [-0.2, 0) is 33.2 Å². The van der Waals surface area contributed by atoms with Gasteiger partial charge in [-0.15, -0.1) is 0 Å². The Morgan fingerprint density at radius 2 is 1.95 bits per heavy atom. The van der Waals surface area contributed by atoms with E-state index >= 15 is 0 Å². The van der Waals surface area contributed by atoms with Crippen LogP contribution in [0.2, 0.25) is 0 Å². The fourth-order valence-electron chi connectivity index (χ4n) is 1.81. The standard InChI is InChI=1S/C10H12O9/c1-4(11)16-8-7-6(18-10(13)19-7)5(17-8)3-15-9(12)14-2/h5-8H,3H2,1-2H3/t5-,6+,7-,8-/m0/s1. The highest BCUT2D eigenvalue weighted by Crippen LogP contribution is 2.32. The van der Waals surface area contributed by atoms with E-state index in [0.717, 1.165) is 7.11 Å². The molecule has 0 amide bonds. The largest absolute Gasteiger partial charge is 0.509 e. The van der Waals surface area contributed by atoms with E-state index in [2.05, 4.69) is 4.74 Å². The molecule has 19 heavy (non-hydrogen) atoms. The minimum Gasteiger partial charge on any atom is -0.438 e. The fourth-order valence-corrected chi connectivity index (χ4v) is 1.81. The van der Waals surface area contributed by atoms with Crippen molar-refractivity contribution >= 4 is 18.3 Å². The maximum Gasteiger partial charge on any atom is 0.509 e. The maximum absolute atomic E-state index is 11.1. The van der Waals surface area contributed by atoms with E-state index in [1.165, 1.54) is 6.92 Å². The number of hydrogen-bond acceptors (Lipinski definition) is 9. The van der Waals surface area contributed by atoms with Crippen LogP contribution in [0.15, 0.2) is 0 Å². The molecule has 0 aromatic rings. The van der Waals surface area contributed by atoms with Crippen LogP contribution in [0.1, 0.15) is 6.92 Å². The van der Waals surface area contributed by atoms with Gasteiger partial charge in [0.25, 0.3) is 0 Å². The van der Waals surface area contributed by atoms with E-state index in [-0.39, 0.29) is 6.61 Å². The number of carbonyl (C=O) groups excluding carboxylic acids is 3. The first-order valence-corrected chi connectivity index (χ1v) is 5.42. The maximum atomic E-state index is 11.1. The number of methoxy groups -OCH3 is 1. The third kappa shape index (κ3) is 2.87.